The van der Waals surface area contributed by atoms with Crippen LogP contribution >= 0.6 is 0 Å². The summed E-state index contributed by atoms with van der Waals surface area (Å²) in [6.45, 7) is 9.10. The van der Waals surface area contributed by atoms with Gasteiger partial charge in [-0.2, -0.15) is 0 Å². The summed E-state index contributed by atoms with van der Waals surface area (Å²) in [5.74, 6) is 0. The highest BCUT2D eigenvalue weighted by Crippen LogP contribution is 2.11. The molecule has 0 radical (unpaired) electrons. The minimum Gasteiger partial charge on any atom is -0.381 e. The fourth-order valence-electron chi connectivity index (χ4n) is 1.79. The third kappa shape index (κ3) is 5.72. The van der Waals surface area contributed by atoms with Gasteiger partial charge in [-0.25, -0.2) is 0 Å². The minimum absolute atomic E-state index is 0.935. The van der Waals surface area contributed by atoms with E-state index >= 15 is 0 Å². The van der Waals surface area contributed by atoms with E-state index in [-0.39, 0.29) is 0 Å². The number of allylic oxidation sites excluding steroid dienone is 2. The van der Waals surface area contributed by atoms with E-state index in [1.165, 1.54) is 36.1 Å². The Bertz CT molecular complexity index is 373. The van der Waals surface area contributed by atoms with Crippen molar-refractivity contribution in [2.24, 2.45) is 0 Å². The zero-order chi connectivity index (χ0) is 13.2. The number of benzene rings is 1. The lowest BCUT2D eigenvalue weighted by Gasteiger charge is -2.07. The van der Waals surface area contributed by atoms with Gasteiger partial charge in [-0.3, -0.25) is 0 Å². The van der Waals surface area contributed by atoms with E-state index < -0.39 is 0 Å². The molecule has 0 bridgehead atoms. The second-order valence-corrected chi connectivity index (χ2v) is 4.74. The van der Waals surface area contributed by atoms with Crippen LogP contribution in [0.1, 0.15) is 38.7 Å². The molecule has 1 aromatic rings. The molecule has 18 heavy (non-hydrogen) atoms. The van der Waals surface area contributed by atoms with Crippen molar-refractivity contribution < 1.29 is 0 Å². The first-order valence-corrected chi connectivity index (χ1v) is 6.85. The number of anilines is 1. The normalized spacial score (nSPS) is 11.3. The van der Waals surface area contributed by atoms with Crippen LogP contribution < -0.4 is 5.32 Å². The van der Waals surface area contributed by atoms with Crippen molar-refractivity contribution in [3.63, 3.8) is 0 Å². The van der Waals surface area contributed by atoms with Gasteiger partial charge in [0.15, 0.2) is 0 Å². The molecule has 1 rings (SSSR count). The molecular weight excluding hydrogens is 218 g/mol. The molecule has 0 atom stereocenters. The Labute approximate surface area is 112 Å². The van der Waals surface area contributed by atoms with E-state index in [4.69, 9.17) is 0 Å². The van der Waals surface area contributed by atoms with Gasteiger partial charge in [0.25, 0.3) is 0 Å². The van der Waals surface area contributed by atoms with Crippen LogP contribution in [0.3, 0.4) is 0 Å². The van der Waals surface area contributed by atoms with Gasteiger partial charge in [-0.15, -0.1) is 6.58 Å². The monoisotopic (exact) mass is 243 g/mol. The molecule has 0 amide bonds. The number of unbranched alkanes of at least 4 members (excludes halogenated alkanes) is 2. The van der Waals surface area contributed by atoms with Gasteiger partial charge >= 0.3 is 0 Å². The average Bonchev–Trinajstić information content (AvgIpc) is 2.39. The predicted octanol–water partition coefficient (Wildman–Crippen LogP) is 4.96. The molecule has 0 heterocycles. The summed E-state index contributed by atoms with van der Waals surface area (Å²) < 4.78 is 0. The maximum absolute atomic E-state index is 3.75. The van der Waals surface area contributed by atoms with Crippen LogP contribution in [0.2, 0.25) is 0 Å². The van der Waals surface area contributed by atoms with E-state index in [2.05, 4.69) is 56.1 Å². The van der Waals surface area contributed by atoms with Crippen LogP contribution in [-0.4, -0.2) is 6.54 Å². The maximum atomic E-state index is 3.75. The lowest BCUT2D eigenvalue weighted by Crippen LogP contribution is -2.02. The largest absolute Gasteiger partial charge is 0.381 e. The van der Waals surface area contributed by atoms with Crippen LogP contribution in [0, 0.1) is 0 Å². The topological polar surface area (TPSA) is 12.0 Å². The van der Waals surface area contributed by atoms with Crippen molar-refractivity contribution >= 4 is 5.69 Å². The summed E-state index contributed by atoms with van der Waals surface area (Å²) in [7, 11) is 0. The van der Waals surface area contributed by atoms with Crippen LogP contribution in [0.4, 0.5) is 5.69 Å². The highest BCUT2D eigenvalue weighted by molar-refractivity contribution is 5.45. The highest BCUT2D eigenvalue weighted by atomic mass is 14.9. The van der Waals surface area contributed by atoms with Crippen molar-refractivity contribution in [3.05, 3.63) is 54.1 Å². The Kier molecular flexibility index (Phi) is 6.93. The number of hydrogen-bond donors (Lipinski definition) is 1. The highest BCUT2D eigenvalue weighted by Gasteiger charge is 1.94. The smallest absolute Gasteiger partial charge is 0.0357 e. The summed E-state index contributed by atoms with van der Waals surface area (Å²) in [5, 5.41) is 3.45. The number of nitrogens with one attached hydrogen (secondary N) is 1. The van der Waals surface area contributed by atoms with Crippen molar-refractivity contribution in [2.75, 3.05) is 11.9 Å². The average molecular weight is 243 g/mol. The molecule has 1 nitrogen and oxygen atoms in total. The van der Waals surface area contributed by atoms with Crippen LogP contribution in [-0.2, 0) is 6.42 Å². The Morgan fingerprint density at radius 1 is 1.28 bits per heavy atom. The van der Waals surface area contributed by atoms with Crippen LogP contribution in [0.5, 0.6) is 0 Å². The van der Waals surface area contributed by atoms with Gasteiger partial charge in [0.2, 0.25) is 0 Å². The minimum atomic E-state index is 0.935. The second kappa shape index (κ2) is 8.57. The van der Waals surface area contributed by atoms with Gasteiger partial charge in [-0.05, 0) is 37.5 Å². The van der Waals surface area contributed by atoms with Gasteiger partial charge < -0.3 is 5.32 Å². The summed E-state index contributed by atoms with van der Waals surface area (Å²) in [4.78, 5) is 0. The van der Waals surface area contributed by atoms with Crippen molar-refractivity contribution in [1.82, 2.24) is 0 Å². The van der Waals surface area contributed by atoms with Gasteiger partial charge in [0.1, 0.15) is 0 Å². The van der Waals surface area contributed by atoms with E-state index in [9.17, 15) is 0 Å². The maximum Gasteiger partial charge on any atom is 0.0357 e. The Balaban J connectivity index is 2.38. The molecule has 0 aliphatic rings. The van der Waals surface area contributed by atoms with E-state index in [1.54, 1.807) is 0 Å². The van der Waals surface area contributed by atoms with Crippen LogP contribution in [0.15, 0.2) is 48.6 Å². The molecule has 0 saturated heterocycles. The first kappa shape index (κ1) is 14.6. The molecule has 0 aliphatic carbocycles. The number of hydrogen-bond acceptors (Lipinski definition) is 1. The first-order chi connectivity index (χ1) is 8.76. The zero-order valence-corrected chi connectivity index (χ0v) is 11.7. The molecule has 98 valence electrons. The summed E-state index contributed by atoms with van der Waals surface area (Å²) in [6.07, 6.45) is 8.96. The van der Waals surface area contributed by atoms with Crippen molar-refractivity contribution in [3.8, 4) is 0 Å². The molecule has 0 fully saturated rings. The van der Waals surface area contributed by atoms with Gasteiger partial charge in [-0.1, -0.05) is 49.6 Å². The first-order valence-electron chi connectivity index (χ1n) is 6.85. The lowest BCUT2D eigenvalue weighted by atomic mass is 10.1. The molecule has 0 saturated carbocycles. The third-order valence-corrected chi connectivity index (χ3v) is 2.96. The predicted molar refractivity (Wildman–Crippen MR) is 82.1 cm³/mol. The fraction of sp³-hybridized carbons (Fsp3) is 0.412. The summed E-state index contributed by atoms with van der Waals surface area (Å²) in [6, 6.07) is 8.58. The molecule has 1 heteroatoms. The van der Waals surface area contributed by atoms with E-state index in [1.807, 2.05) is 6.08 Å². The Morgan fingerprint density at radius 3 is 2.61 bits per heavy atom. The standard InChI is InChI=1S/C17H25N/c1-4-6-7-9-15(3)14-18-17-12-10-16(8-5-2)11-13-17/h5,9-13,18H,2,4,6-8,14H2,1,3H3/b15-9+. The molecule has 0 aliphatic heterocycles. The molecular formula is C17H25N. The SMILES string of the molecule is C=CCc1ccc(NC/C(C)=C/CCCC)cc1. The Hall–Kier alpha value is -1.50. The van der Waals surface area contributed by atoms with Gasteiger partial charge in [0.05, 0.1) is 0 Å². The fourth-order valence-corrected chi connectivity index (χ4v) is 1.79. The van der Waals surface area contributed by atoms with Gasteiger partial charge in [0, 0.05) is 12.2 Å². The molecule has 0 aromatic heterocycles. The second-order valence-electron chi connectivity index (χ2n) is 4.74. The zero-order valence-electron chi connectivity index (χ0n) is 11.7. The molecule has 0 unspecified atom stereocenters. The Morgan fingerprint density at radius 2 is 2.00 bits per heavy atom. The number of rotatable bonds is 8. The molecule has 1 N–H and O–H groups in total. The summed E-state index contributed by atoms with van der Waals surface area (Å²) in [5.41, 5.74) is 3.91. The third-order valence-electron chi connectivity index (χ3n) is 2.96. The lowest BCUT2D eigenvalue weighted by molar-refractivity contribution is 0.809. The van der Waals surface area contributed by atoms with E-state index in [0.29, 0.717) is 0 Å². The van der Waals surface area contributed by atoms with E-state index in [0.717, 1.165) is 13.0 Å². The summed E-state index contributed by atoms with van der Waals surface area (Å²) >= 11 is 0. The molecule has 1 aromatic carbocycles. The van der Waals surface area contributed by atoms with Crippen molar-refractivity contribution in [2.45, 2.75) is 39.5 Å². The molecule has 0 spiro atoms. The van der Waals surface area contributed by atoms with Crippen LogP contribution in [0.25, 0.3) is 0 Å². The quantitative estimate of drug-likeness (QED) is 0.502. The van der Waals surface area contributed by atoms with Crippen molar-refractivity contribution in [1.29, 1.82) is 0 Å².